The summed E-state index contributed by atoms with van der Waals surface area (Å²) in [4.78, 5) is 33.0. The number of hydrogen-bond donors (Lipinski definition) is 1. The summed E-state index contributed by atoms with van der Waals surface area (Å²) in [6, 6.07) is 10.2. The van der Waals surface area contributed by atoms with Crippen LogP contribution in [-0.4, -0.2) is 44.5 Å². The Morgan fingerprint density at radius 2 is 1.86 bits per heavy atom. The van der Waals surface area contributed by atoms with Crippen LogP contribution in [0.1, 0.15) is 34.3 Å². The lowest BCUT2D eigenvalue weighted by molar-refractivity contribution is -0.815. The number of nitrogens with one attached hydrogen (secondary N) is 2. The maximum absolute atomic E-state index is 12.9. The van der Waals surface area contributed by atoms with Gasteiger partial charge in [-0.05, 0) is 38.0 Å². The Bertz CT molecular complexity index is 886. The van der Waals surface area contributed by atoms with Gasteiger partial charge in [-0.1, -0.05) is 17.7 Å². The van der Waals surface area contributed by atoms with Gasteiger partial charge in [0.15, 0.2) is 0 Å². The van der Waals surface area contributed by atoms with Crippen molar-refractivity contribution < 1.29 is 19.5 Å². The Morgan fingerprint density at radius 3 is 2.46 bits per heavy atom. The molecule has 0 radical (unpaired) electrons. The Kier molecular flexibility index (Phi) is 5.13. The summed E-state index contributed by atoms with van der Waals surface area (Å²) >= 11 is 0. The van der Waals surface area contributed by atoms with E-state index < -0.39 is 0 Å². The quantitative estimate of drug-likeness (QED) is 0.857. The van der Waals surface area contributed by atoms with Crippen molar-refractivity contribution in [1.29, 1.82) is 0 Å². The highest BCUT2D eigenvalue weighted by Crippen LogP contribution is 2.21. The molecule has 1 aromatic carbocycles. The SMILES string of the molecule is Cc1ccc(N2CC[NH+](C(=O)c3ccc(N4CCCC4=O)[nH+]c3)CC2)c(C)c1. The molecule has 3 heterocycles. The van der Waals surface area contributed by atoms with E-state index in [1.807, 2.05) is 12.1 Å². The number of hydrogen-bond acceptors (Lipinski definition) is 3. The Labute approximate surface area is 165 Å². The molecule has 2 aromatic rings. The molecule has 1 aromatic heterocycles. The number of aromatic amines is 1. The topological polar surface area (TPSA) is 59.2 Å². The largest absolute Gasteiger partial charge is 0.360 e. The smallest absolute Gasteiger partial charge is 0.348 e. The van der Waals surface area contributed by atoms with Gasteiger partial charge in [0.05, 0.1) is 26.1 Å². The Morgan fingerprint density at radius 1 is 1.07 bits per heavy atom. The molecule has 6 heteroatoms. The molecule has 0 bridgehead atoms. The summed E-state index contributed by atoms with van der Waals surface area (Å²) in [7, 11) is 0. The maximum atomic E-state index is 12.9. The molecule has 4 rings (SSSR count). The van der Waals surface area contributed by atoms with Crippen LogP contribution in [0.4, 0.5) is 11.5 Å². The molecular formula is C22H28N4O2+2. The van der Waals surface area contributed by atoms with E-state index in [1.165, 1.54) is 16.8 Å². The van der Waals surface area contributed by atoms with Crippen molar-refractivity contribution in [3.8, 4) is 0 Å². The lowest BCUT2D eigenvalue weighted by Crippen LogP contribution is -3.17. The second-order valence-corrected chi connectivity index (χ2v) is 7.82. The van der Waals surface area contributed by atoms with E-state index in [1.54, 1.807) is 11.1 Å². The van der Waals surface area contributed by atoms with Gasteiger partial charge < -0.3 is 4.90 Å². The third-order valence-corrected chi connectivity index (χ3v) is 5.80. The number of carbonyl (C=O) groups is 2. The molecule has 146 valence electrons. The summed E-state index contributed by atoms with van der Waals surface area (Å²) in [5, 5.41) is 0. The van der Waals surface area contributed by atoms with Crippen molar-refractivity contribution in [2.75, 3.05) is 42.5 Å². The average Bonchev–Trinajstić information content (AvgIpc) is 3.14. The normalized spacial score (nSPS) is 18.0. The van der Waals surface area contributed by atoms with Crippen molar-refractivity contribution >= 4 is 23.3 Å². The summed E-state index contributed by atoms with van der Waals surface area (Å²) in [6.45, 7) is 8.32. The molecule has 28 heavy (non-hydrogen) atoms. The summed E-state index contributed by atoms with van der Waals surface area (Å²) < 4.78 is 0. The lowest BCUT2D eigenvalue weighted by Gasteiger charge is -2.33. The van der Waals surface area contributed by atoms with Crippen LogP contribution in [-0.2, 0) is 4.79 Å². The van der Waals surface area contributed by atoms with Crippen molar-refractivity contribution in [2.24, 2.45) is 0 Å². The van der Waals surface area contributed by atoms with Gasteiger partial charge in [0.1, 0.15) is 24.8 Å². The molecule has 0 spiro atoms. The number of anilines is 2. The first kappa shape index (κ1) is 18.6. The van der Waals surface area contributed by atoms with E-state index in [-0.39, 0.29) is 11.8 Å². The highest BCUT2D eigenvalue weighted by Gasteiger charge is 2.32. The maximum Gasteiger partial charge on any atom is 0.348 e. The molecule has 0 atom stereocenters. The standard InChI is InChI=1S/C22H26N4O2/c1-16-5-7-19(17(2)14-16)24-10-12-25(13-11-24)22(28)18-6-8-20(23-15-18)26-9-3-4-21(26)27/h5-8,14-15H,3-4,9-13H2,1-2H3/p+2. The van der Waals surface area contributed by atoms with Gasteiger partial charge in [0, 0.05) is 11.8 Å². The van der Waals surface area contributed by atoms with Gasteiger partial charge >= 0.3 is 11.8 Å². The van der Waals surface area contributed by atoms with E-state index in [4.69, 9.17) is 0 Å². The Balaban J connectivity index is 1.39. The molecule has 2 aliphatic heterocycles. The van der Waals surface area contributed by atoms with Crippen LogP contribution in [0.3, 0.4) is 0 Å². The minimum absolute atomic E-state index is 0.121. The third kappa shape index (κ3) is 3.64. The molecular weight excluding hydrogens is 352 g/mol. The number of nitrogens with zero attached hydrogens (tertiary/aromatic N) is 2. The van der Waals surface area contributed by atoms with Crippen LogP contribution in [0.2, 0.25) is 0 Å². The molecule has 2 saturated heterocycles. The second kappa shape index (κ2) is 7.72. The van der Waals surface area contributed by atoms with E-state index in [0.29, 0.717) is 12.0 Å². The van der Waals surface area contributed by atoms with Gasteiger partial charge in [0.25, 0.3) is 5.82 Å². The lowest BCUT2D eigenvalue weighted by atomic mass is 10.1. The van der Waals surface area contributed by atoms with E-state index in [2.05, 4.69) is 41.9 Å². The molecule has 2 fully saturated rings. The number of aromatic nitrogens is 1. The van der Waals surface area contributed by atoms with Gasteiger partial charge in [-0.15, -0.1) is 0 Å². The fourth-order valence-electron chi connectivity index (χ4n) is 4.24. The predicted octanol–water partition coefficient (Wildman–Crippen LogP) is 0.790. The zero-order chi connectivity index (χ0) is 19.7. The van der Waals surface area contributed by atoms with Gasteiger partial charge in [-0.25, -0.2) is 14.6 Å². The fourth-order valence-corrected chi connectivity index (χ4v) is 4.24. The number of piperazine rings is 1. The molecule has 6 nitrogen and oxygen atoms in total. The van der Waals surface area contributed by atoms with Crippen molar-refractivity contribution in [1.82, 2.24) is 0 Å². The number of amides is 2. The summed E-state index contributed by atoms with van der Waals surface area (Å²) in [5.74, 6) is 1.04. The fraction of sp³-hybridized carbons (Fsp3) is 0.409. The molecule has 2 amide bonds. The molecule has 0 unspecified atom stereocenters. The van der Waals surface area contributed by atoms with Gasteiger partial charge in [-0.3, -0.25) is 4.90 Å². The first-order valence-corrected chi connectivity index (χ1v) is 10.1. The summed E-state index contributed by atoms with van der Waals surface area (Å²) in [5.41, 5.74) is 4.50. The highest BCUT2D eigenvalue weighted by atomic mass is 16.2. The zero-order valence-electron chi connectivity index (χ0n) is 16.6. The highest BCUT2D eigenvalue weighted by molar-refractivity contribution is 5.94. The van der Waals surface area contributed by atoms with Crippen molar-refractivity contribution in [2.45, 2.75) is 26.7 Å². The first-order valence-electron chi connectivity index (χ1n) is 10.1. The van der Waals surface area contributed by atoms with Crippen LogP contribution in [0.25, 0.3) is 0 Å². The predicted molar refractivity (Wildman–Crippen MR) is 108 cm³/mol. The molecule has 0 saturated carbocycles. The zero-order valence-corrected chi connectivity index (χ0v) is 16.6. The van der Waals surface area contributed by atoms with Crippen molar-refractivity contribution in [3.63, 3.8) is 0 Å². The second-order valence-electron chi connectivity index (χ2n) is 7.82. The Hall–Kier alpha value is -2.73. The molecule has 2 aliphatic rings. The molecule has 0 aliphatic carbocycles. The summed E-state index contributed by atoms with van der Waals surface area (Å²) in [6.07, 6.45) is 3.23. The molecule has 2 N–H and O–H groups in total. The number of quaternary nitrogens is 1. The van der Waals surface area contributed by atoms with Crippen LogP contribution in [0, 0.1) is 13.8 Å². The minimum atomic E-state index is 0.121. The van der Waals surface area contributed by atoms with E-state index >= 15 is 0 Å². The monoisotopic (exact) mass is 380 g/mol. The van der Waals surface area contributed by atoms with Crippen LogP contribution >= 0.6 is 0 Å². The minimum Gasteiger partial charge on any atom is -0.360 e. The number of pyridine rings is 1. The van der Waals surface area contributed by atoms with Crippen molar-refractivity contribution in [3.05, 3.63) is 53.2 Å². The van der Waals surface area contributed by atoms with Crippen LogP contribution in [0.5, 0.6) is 0 Å². The van der Waals surface area contributed by atoms with E-state index in [9.17, 15) is 9.59 Å². The van der Waals surface area contributed by atoms with Crippen LogP contribution in [0.15, 0.2) is 36.5 Å². The number of rotatable bonds is 3. The third-order valence-electron chi connectivity index (χ3n) is 5.80. The first-order chi connectivity index (χ1) is 13.5. The number of H-pyrrole nitrogens is 1. The number of carbonyl (C=O) groups excluding carboxylic acids is 2. The number of aryl methyl sites for hydroxylation is 2. The van der Waals surface area contributed by atoms with E-state index in [0.717, 1.165) is 49.9 Å². The average molecular weight is 380 g/mol. The number of benzene rings is 1. The van der Waals surface area contributed by atoms with Gasteiger partial charge in [0.2, 0.25) is 0 Å². The van der Waals surface area contributed by atoms with Gasteiger partial charge in [-0.2, -0.15) is 4.90 Å². The van der Waals surface area contributed by atoms with Crippen LogP contribution < -0.4 is 19.7 Å².